The number of hydrogen-bond acceptors (Lipinski definition) is 18. The topological polar surface area (TPSA) is 307 Å². The maximum absolute atomic E-state index is 13.3. The summed E-state index contributed by atoms with van der Waals surface area (Å²) in [4.78, 5) is 13.3. The average Bonchev–Trinajstić information content (AvgIpc) is 2.26. The number of aliphatic hydroxyl groups excluding tert-OH is 11. The molecule has 0 aromatic rings. The lowest BCUT2D eigenvalue weighted by atomic mass is 9.96. The van der Waals surface area contributed by atoms with E-state index in [4.69, 9.17) is 28.4 Å². The van der Waals surface area contributed by atoms with E-state index in [0.29, 0.717) is 12.8 Å². The van der Waals surface area contributed by atoms with Gasteiger partial charge in [-0.25, -0.2) is 0 Å². The SMILES string of the molecule is CCCCCC/C=C\CCCCCCCC(=O)NC(COC1OC(CO)C(OC2OC(CO)C(OC3OC(CO)C(O)C(O)C3O)C(O)C2O)C(O)C1O)C(O)/C=C/CC/C=C/CC/C=C/CCCCCCCCCCCCCCCCCCCC. The van der Waals surface area contributed by atoms with E-state index >= 15 is 0 Å². The lowest BCUT2D eigenvalue weighted by molar-refractivity contribution is -0.379. The fourth-order valence-electron chi connectivity index (χ4n) is 11.3. The van der Waals surface area contributed by atoms with Crippen molar-refractivity contribution in [3.05, 3.63) is 48.6 Å². The second kappa shape index (κ2) is 49.5. The van der Waals surface area contributed by atoms with Crippen molar-refractivity contribution in [1.29, 1.82) is 0 Å². The molecule has 0 aromatic heterocycles. The standard InChI is InChI=1S/C67H121NO18/c1-3-5-7-9-11-13-15-17-18-19-20-21-22-23-24-25-26-27-28-29-30-31-33-34-36-38-40-42-44-51(72)50(68-55(73)45-43-41-39-37-35-32-16-14-12-10-8-6-4-2)49-81-65-61(79)58(76)63(53(47-70)83-65)86-67-62(80)59(77)64(54(48-71)84-67)85-66-60(78)57(75)56(74)52(46-69)82-66/h14,16,29-30,34,36,42,44,50-54,56-67,69-72,74-80H,3-13,15,17-28,31-33,35,37-41,43,45-49H2,1-2H3,(H,68,73)/b16-14-,30-29+,36-34+,44-42+. The van der Waals surface area contributed by atoms with Gasteiger partial charge in [-0.1, -0.05) is 210 Å². The molecule has 3 fully saturated rings. The average molecular weight is 1230 g/mol. The van der Waals surface area contributed by atoms with Crippen LogP contribution in [0.4, 0.5) is 0 Å². The zero-order chi connectivity index (χ0) is 62.6. The van der Waals surface area contributed by atoms with Crippen molar-refractivity contribution in [2.75, 3.05) is 26.4 Å². The Bertz CT molecular complexity index is 1750. The Morgan fingerprint density at radius 3 is 1.17 bits per heavy atom. The third kappa shape index (κ3) is 31.7. The molecule has 0 spiro atoms. The summed E-state index contributed by atoms with van der Waals surface area (Å²) in [6, 6.07) is -1.00. The van der Waals surface area contributed by atoms with Crippen molar-refractivity contribution in [2.45, 2.75) is 343 Å². The predicted octanol–water partition coefficient (Wildman–Crippen LogP) is 8.22. The molecule has 3 aliphatic rings. The van der Waals surface area contributed by atoms with Crippen molar-refractivity contribution in [3.8, 4) is 0 Å². The number of allylic oxidation sites excluding steroid dienone is 7. The lowest BCUT2D eigenvalue weighted by Gasteiger charge is -2.48. The van der Waals surface area contributed by atoms with E-state index < -0.39 is 124 Å². The monoisotopic (exact) mass is 1230 g/mol. The fraction of sp³-hybridized carbons (Fsp3) is 0.866. The number of rotatable bonds is 51. The van der Waals surface area contributed by atoms with Crippen LogP contribution in [-0.4, -0.2) is 193 Å². The molecule has 0 saturated carbocycles. The van der Waals surface area contributed by atoms with Crippen molar-refractivity contribution >= 4 is 5.91 Å². The van der Waals surface area contributed by atoms with Gasteiger partial charge in [-0.15, -0.1) is 0 Å². The van der Waals surface area contributed by atoms with Gasteiger partial charge in [-0.3, -0.25) is 4.79 Å². The Balaban J connectivity index is 1.44. The Hall–Kier alpha value is -2.25. The molecular weight excluding hydrogens is 1110 g/mol. The first-order valence-electron chi connectivity index (χ1n) is 33.9. The molecule has 0 aliphatic carbocycles. The van der Waals surface area contributed by atoms with Gasteiger partial charge in [-0.2, -0.15) is 0 Å². The van der Waals surface area contributed by atoms with Gasteiger partial charge in [0.25, 0.3) is 0 Å². The zero-order valence-corrected chi connectivity index (χ0v) is 52.8. The molecule has 17 atom stereocenters. The minimum absolute atomic E-state index is 0.221. The van der Waals surface area contributed by atoms with Gasteiger partial charge in [0.2, 0.25) is 5.91 Å². The van der Waals surface area contributed by atoms with Crippen molar-refractivity contribution in [3.63, 3.8) is 0 Å². The minimum Gasteiger partial charge on any atom is -0.394 e. The van der Waals surface area contributed by atoms with E-state index in [2.05, 4.69) is 55.6 Å². The third-order valence-electron chi connectivity index (χ3n) is 16.8. The van der Waals surface area contributed by atoms with Crippen LogP contribution in [0.2, 0.25) is 0 Å². The number of carbonyl (C=O) groups is 1. The largest absolute Gasteiger partial charge is 0.394 e. The van der Waals surface area contributed by atoms with Gasteiger partial charge in [0, 0.05) is 6.42 Å². The number of amides is 1. The summed E-state index contributed by atoms with van der Waals surface area (Å²) in [5.41, 5.74) is 0. The molecule has 1 amide bonds. The van der Waals surface area contributed by atoms with Gasteiger partial charge in [0.1, 0.15) is 73.2 Å². The first kappa shape index (κ1) is 78.0. The van der Waals surface area contributed by atoms with Crippen LogP contribution in [0.3, 0.4) is 0 Å². The van der Waals surface area contributed by atoms with E-state index in [0.717, 1.165) is 64.2 Å². The maximum Gasteiger partial charge on any atom is 0.220 e. The molecule has 12 N–H and O–H groups in total. The summed E-state index contributed by atoms with van der Waals surface area (Å²) in [7, 11) is 0. The number of carbonyl (C=O) groups excluding carboxylic acids is 1. The fourth-order valence-corrected chi connectivity index (χ4v) is 11.3. The molecule has 502 valence electrons. The van der Waals surface area contributed by atoms with Crippen LogP contribution < -0.4 is 5.32 Å². The Morgan fingerprint density at radius 1 is 0.407 bits per heavy atom. The Kier molecular flexibility index (Phi) is 44.8. The molecule has 0 radical (unpaired) electrons. The smallest absolute Gasteiger partial charge is 0.220 e. The second-order valence-electron chi connectivity index (χ2n) is 24.3. The number of ether oxygens (including phenoxy) is 6. The van der Waals surface area contributed by atoms with E-state index in [-0.39, 0.29) is 18.9 Å². The van der Waals surface area contributed by atoms with Gasteiger partial charge < -0.3 is 89.9 Å². The van der Waals surface area contributed by atoms with E-state index in [9.17, 15) is 61.0 Å². The lowest BCUT2D eigenvalue weighted by Crippen LogP contribution is -2.66. The quantitative estimate of drug-likeness (QED) is 0.0202. The molecule has 0 bridgehead atoms. The summed E-state index contributed by atoms with van der Waals surface area (Å²) < 4.78 is 34.3. The Morgan fingerprint density at radius 2 is 0.744 bits per heavy atom. The molecule has 86 heavy (non-hydrogen) atoms. The molecule has 17 unspecified atom stereocenters. The van der Waals surface area contributed by atoms with Crippen LogP contribution in [0.15, 0.2) is 48.6 Å². The van der Waals surface area contributed by atoms with Crippen molar-refractivity contribution in [2.24, 2.45) is 0 Å². The number of unbranched alkanes of at least 4 members (excludes halogenated alkanes) is 29. The van der Waals surface area contributed by atoms with Crippen LogP contribution in [-0.2, 0) is 33.2 Å². The molecule has 3 aliphatic heterocycles. The zero-order valence-electron chi connectivity index (χ0n) is 52.8. The summed E-state index contributed by atoms with van der Waals surface area (Å²) in [6.45, 7) is 1.68. The molecule has 0 aromatic carbocycles. The van der Waals surface area contributed by atoms with Crippen LogP contribution in [0.25, 0.3) is 0 Å². The highest BCUT2D eigenvalue weighted by atomic mass is 16.8. The molecule has 3 rings (SSSR count). The van der Waals surface area contributed by atoms with Gasteiger partial charge in [0.05, 0.1) is 38.6 Å². The van der Waals surface area contributed by atoms with Gasteiger partial charge in [0.15, 0.2) is 18.9 Å². The van der Waals surface area contributed by atoms with E-state index in [1.54, 1.807) is 6.08 Å². The Labute approximate surface area is 516 Å². The molecule has 3 saturated heterocycles. The van der Waals surface area contributed by atoms with Crippen LogP contribution in [0.1, 0.15) is 239 Å². The molecule has 19 heteroatoms. The predicted molar refractivity (Wildman–Crippen MR) is 332 cm³/mol. The number of nitrogens with one attached hydrogen (secondary N) is 1. The highest BCUT2D eigenvalue weighted by Crippen LogP contribution is 2.33. The third-order valence-corrected chi connectivity index (χ3v) is 16.8. The van der Waals surface area contributed by atoms with Crippen LogP contribution in [0.5, 0.6) is 0 Å². The summed E-state index contributed by atoms with van der Waals surface area (Å²) in [6.07, 6.45) is 31.1. The highest BCUT2D eigenvalue weighted by Gasteiger charge is 2.53. The number of hydrogen-bond donors (Lipinski definition) is 12. The maximum atomic E-state index is 13.3. The summed E-state index contributed by atoms with van der Waals surface area (Å²) in [5, 5.41) is 120. The number of aliphatic hydroxyl groups is 11. The summed E-state index contributed by atoms with van der Waals surface area (Å²) in [5.74, 6) is -0.300. The van der Waals surface area contributed by atoms with Gasteiger partial charge >= 0.3 is 0 Å². The highest BCUT2D eigenvalue weighted by molar-refractivity contribution is 5.76. The molecule has 19 nitrogen and oxygen atoms in total. The molecular formula is C67H121NO18. The summed E-state index contributed by atoms with van der Waals surface area (Å²) >= 11 is 0. The van der Waals surface area contributed by atoms with E-state index in [1.165, 1.54) is 141 Å². The second-order valence-corrected chi connectivity index (χ2v) is 24.3. The first-order chi connectivity index (χ1) is 41.8. The van der Waals surface area contributed by atoms with Crippen LogP contribution >= 0.6 is 0 Å². The minimum atomic E-state index is -1.98. The van der Waals surface area contributed by atoms with Crippen LogP contribution in [0, 0.1) is 0 Å². The molecule has 3 heterocycles. The van der Waals surface area contributed by atoms with Gasteiger partial charge in [-0.05, 0) is 70.6 Å². The van der Waals surface area contributed by atoms with E-state index in [1.807, 2.05) is 6.08 Å². The van der Waals surface area contributed by atoms with Crippen molar-refractivity contribution in [1.82, 2.24) is 5.32 Å². The van der Waals surface area contributed by atoms with Crippen molar-refractivity contribution < 1.29 is 89.4 Å². The first-order valence-corrected chi connectivity index (χ1v) is 33.9. The normalized spacial score (nSPS) is 29.1.